The van der Waals surface area contributed by atoms with E-state index in [-0.39, 0.29) is 5.63 Å². The summed E-state index contributed by atoms with van der Waals surface area (Å²) >= 11 is 0. The highest BCUT2D eigenvalue weighted by Crippen LogP contribution is 2.29. The Hall–Kier alpha value is -2.64. The van der Waals surface area contributed by atoms with Crippen molar-refractivity contribution in [2.45, 2.75) is 33.4 Å². The molecule has 1 aliphatic rings. The standard InChI is InChI=1S/C22H24N2O4S/c1-14-7-8-19-17(11-21(25)28-22(19)15(14)2)12-23-20-6-4-5-16-13-24(29(3,26)27)10-9-18(16)20/h4-8,11,23H,9-10,12-13H2,1-3H3. The molecule has 0 fully saturated rings. The molecule has 4 rings (SSSR count). The summed E-state index contributed by atoms with van der Waals surface area (Å²) in [5, 5.41) is 4.37. The fourth-order valence-electron chi connectivity index (χ4n) is 3.89. The van der Waals surface area contributed by atoms with Gasteiger partial charge in [0, 0.05) is 36.8 Å². The Bertz CT molecular complexity index is 1260. The number of aryl methyl sites for hydroxylation is 2. The van der Waals surface area contributed by atoms with Gasteiger partial charge in [0.2, 0.25) is 10.0 Å². The highest BCUT2D eigenvalue weighted by Gasteiger charge is 2.24. The van der Waals surface area contributed by atoms with Gasteiger partial charge in [-0.1, -0.05) is 24.3 Å². The Morgan fingerprint density at radius 2 is 1.97 bits per heavy atom. The summed E-state index contributed by atoms with van der Waals surface area (Å²) in [5.74, 6) is 0. The summed E-state index contributed by atoms with van der Waals surface area (Å²) < 4.78 is 30.7. The topological polar surface area (TPSA) is 79.6 Å². The zero-order chi connectivity index (χ0) is 20.8. The molecule has 0 unspecified atom stereocenters. The van der Waals surface area contributed by atoms with Crippen LogP contribution in [0.2, 0.25) is 0 Å². The molecule has 2 heterocycles. The first-order chi connectivity index (χ1) is 13.7. The lowest BCUT2D eigenvalue weighted by atomic mass is 9.98. The smallest absolute Gasteiger partial charge is 0.336 e. The van der Waals surface area contributed by atoms with E-state index >= 15 is 0 Å². The molecule has 0 bridgehead atoms. The van der Waals surface area contributed by atoms with Gasteiger partial charge in [0.1, 0.15) is 5.58 Å². The Balaban J connectivity index is 1.65. The van der Waals surface area contributed by atoms with Crippen molar-refractivity contribution < 1.29 is 12.8 Å². The number of nitrogens with one attached hydrogen (secondary N) is 1. The molecule has 1 N–H and O–H groups in total. The molecule has 6 nitrogen and oxygen atoms in total. The van der Waals surface area contributed by atoms with Crippen LogP contribution in [0.15, 0.2) is 45.6 Å². The van der Waals surface area contributed by atoms with Gasteiger partial charge in [0.25, 0.3) is 0 Å². The first-order valence-corrected chi connectivity index (χ1v) is 11.4. The second-order valence-corrected chi connectivity index (χ2v) is 9.60. The minimum absolute atomic E-state index is 0.359. The van der Waals surface area contributed by atoms with Crippen LogP contribution >= 0.6 is 0 Å². The van der Waals surface area contributed by atoms with Gasteiger partial charge in [-0.15, -0.1) is 0 Å². The van der Waals surface area contributed by atoms with Crippen molar-refractivity contribution in [3.05, 3.63) is 74.6 Å². The average Bonchev–Trinajstić information content (AvgIpc) is 2.68. The molecular weight excluding hydrogens is 388 g/mol. The number of hydrogen-bond donors (Lipinski definition) is 1. The first kappa shape index (κ1) is 19.7. The van der Waals surface area contributed by atoms with Gasteiger partial charge >= 0.3 is 5.63 Å². The van der Waals surface area contributed by atoms with Crippen LogP contribution in [0.1, 0.15) is 27.8 Å². The zero-order valence-electron chi connectivity index (χ0n) is 16.8. The van der Waals surface area contributed by atoms with E-state index in [1.807, 2.05) is 44.2 Å². The molecule has 1 aliphatic heterocycles. The molecule has 0 spiro atoms. The van der Waals surface area contributed by atoms with E-state index in [0.29, 0.717) is 31.6 Å². The first-order valence-electron chi connectivity index (χ1n) is 9.57. The van der Waals surface area contributed by atoms with E-state index in [2.05, 4.69) is 5.32 Å². The Morgan fingerprint density at radius 1 is 1.17 bits per heavy atom. The van der Waals surface area contributed by atoms with Crippen LogP contribution in [-0.4, -0.2) is 25.5 Å². The van der Waals surface area contributed by atoms with Crippen LogP contribution in [0, 0.1) is 13.8 Å². The Labute approximate surface area is 170 Å². The number of rotatable bonds is 4. The van der Waals surface area contributed by atoms with E-state index in [1.54, 1.807) is 0 Å². The maximum Gasteiger partial charge on any atom is 0.336 e. The van der Waals surface area contributed by atoms with Gasteiger partial charge in [0.15, 0.2) is 0 Å². The quantitative estimate of drug-likeness (QED) is 0.665. The predicted octanol–water partition coefficient (Wildman–Crippen LogP) is 3.34. The van der Waals surface area contributed by atoms with Crippen molar-refractivity contribution in [3.8, 4) is 0 Å². The molecule has 0 saturated heterocycles. The molecule has 29 heavy (non-hydrogen) atoms. The van der Waals surface area contributed by atoms with E-state index in [4.69, 9.17) is 4.42 Å². The van der Waals surface area contributed by atoms with Gasteiger partial charge < -0.3 is 9.73 Å². The van der Waals surface area contributed by atoms with Crippen LogP contribution in [0.3, 0.4) is 0 Å². The summed E-state index contributed by atoms with van der Waals surface area (Å²) in [4.78, 5) is 12.1. The third-order valence-corrected chi connectivity index (χ3v) is 6.94. The van der Waals surface area contributed by atoms with Crippen LogP contribution in [0.25, 0.3) is 11.0 Å². The SMILES string of the molecule is Cc1ccc2c(CNc3cccc4c3CCN(S(C)(=O)=O)C4)cc(=O)oc2c1C. The molecule has 152 valence electrons. The van der Waals surface area contributed by atoms with Crippen LogP contribution in [-0.2, 0) is 29.5 Å². The lowest BCUT2D eigenvalue weighted by Gasteiger charge is -2.28. The minimum atomic E-state index is -3.21. The fraction of sp³-hybridized carbons (Fsp3) is 0.318. The maximum absolute atomic E-state index is 12.1. The van der Waals surface area contributed by atoms with Gasteiger partial charge in [-0.2, -0.15) is 4.31 Å². The van der Waals surface area contributed by atoms with Crippen LogP contribution < -0.4 is 10.9 Å². The van der Waals surface area contributed by atoms with Crippen LogP contribution in [0.4, 0.5) is 5.69 Å². The number of sulfonamides is 1. The van der Waals surface area contributed by atoms with Crippen molar-refractivity contribution in [2.24, 2.45) is 0 Å². The number of nitrogens with zero attached hydrogens (tertiary/aromatic N) is 1. The van der Waals surface area contributed by atoms with Crippen LogP contribution in [0.5, 0.6) is 0 Å². The molecule has 0 atom stereocenters. The summed E-state index contributed by atoms with van der Waals surface area (Å²) in [6.45, 7) is 5.30. The second kappa shape index (κ2) is 7.31. The van der Waals surface area contributed by atoms with Crippen molar-refractivity contribution in [1.82, 2.24) is 4.31 Å². The van der Waals surface area contributed by atoms with E-state index in [0.717, 1.165) is 38.9 Å². The summed E-state index contributed by atoms with van der Waals surface area (Å²) in [6.07, 6.45) is 1.90. The predicted molar refractivity (Wildman–Crippen MR) is 115 cm³/mol. The third-order valence-electron chi connectivity index (χ3n) is 5.69. The zero-order valence-corrected chi connectivity index (χ0v) is 17.6. The molecule has 3 aromatic rings. The van der Waals surface area contributed by atoms with Crippen molar-refractivity contribution >= 4 is 26.7 Å². The van der Waals surface area contributed by atoms with Gasteiger partial charge in [-0.25, -0.2) is 13.2 Å². The highest BCUT2D eigenvalue weighted by molar-refractivity contribution is 7.88. The Morgan fingerprint density at radius 3 is 2.72 bits per heavy atom. The molecule has 1 aromatic heterocycles. The van der Waals surface area contributed by atoms with Gasteiger partial charge in [-0.05, 0) is 54.2 Å². The van der Waals surface area contributed by atoms with Gasteiger partial charge in [-0.3, -0.25) is 0 Å². The average molecular weight is 413 g/mol. The normalized spacial score (nSPS) is 14.7. The lowest BCUT2D eigenvalue weighted by Crippen LogP contribution is -2.35. The van der Waals surface area contributed by atoms with Crippen molar-refractivity contribution in [2.75, 3.05) is 18.1 Å². The largest absolute Gasteiger partial charge is 0.422 e. The van der Waals surface area contributed by atoms with Crippen molar-refractivity contribution in [1.29, 1.82) is 0 Å². The van der Waals surface area contributed by atoms with E-state index in [1.165, 1.54) is 16.6 Å². The summed E-state index contributed by atoms with van der Waals surface area (Å²) in [6, 6.07) is 11.4. The number of fused-ring (bicyclic) bond motifs is 2. The summed E-state index contributed by atoms with van der Waals surface area (Å²) in [5.41, 5.74) is 6.32. The van der Waals surface area contributed by atoms with Gasteiger partial charge in [0.05, 0.1) is 6.26 Å². The molecular formula is C22H24N2O4S. The molecule has 7 heteroatoms. The number of benzene rings is 2. The Kier molecular flexibility index (Phi) is 4.96. The molecule has 0 amide bonds. The molecule has 0 radical (unpaired) electrons. The monoisotopic (exact) mass is 412 g/mol. The highest BCUT2D eigenvalue weighted by atomic mass is 32.2. The number of anilines is 1. The number of hydrogen-bond acceptors (Lipinski definition) is 5. The molecule has 0 aliphatic carbocycles. The van der Waals surface area contributed by atoms with E-state index in [9.17, 15) is 13.2 Å². The minimum Gasteiger partial charge on any atom is -0.422 e. The van der Waals surface area contributed by atoms with Crippen molar-refractivity contribution in [3.63, 3.8) is 0 Å². The van der Waals surface area contributed by atoms with E-state index < -0.39 is 10.0 Å². The maximum atomic E-state index is 12.1. The second-order valence-electron chi connectivity index (χ2n) is 7.62. The molecule has 0 saturated carbocycles. The lowest BCUT2D eigenvalue weighted by molar-refractivity contribution is 0.395. The summed E-state index contributed by atoms with van der Waals surface area (Å²) in [7, 11) is -3.21. The third kappa shape index (κ3) is 3.80. The fourth-order valence-corrected chi connectivity index (χ4v) is 4.69. The molecule has 2 aromatic carbocycles.